The molecule has 0 saturated heterocycles. The van der Waals surface area contributed by atoms with Gasteiger partial charge in [0.1, 0.15) is 6.61 Å². The van der Waals surface area contributed by atoms with Crippen LogP contribution in [0.4, 0.5) is 4.79 Å². The molecule has 3 nitrogen and oxygen atoms in total. The maximum absolute atomic E-state index is 11.1. The number of ether oxygens (including phenoxy) is 1. The van der Waals surface area contributed by atoms with Crippen LogP contribution in [0.2, 0.25) is 0 Å². The summed E-state index contributed by atoms with van der Waals surface area (Å²) < 4.78 is 4.85. The molecule has 0 unspecified atom stereocenters. The van der Waals surface area contributed by atoms with Crippen molar-refractivity contribution >= 4 is 6.09 Å². The molecule has 0 rings (SSSR count). The summed E-state index contributed by atoms with van der Waals surface area (Å²) in [7, 11) is 0. The maximum atomic E-state index is 11.1. The van der Waals surface area contributed by atoms with E-state index in [-0.39, 0.29) is 6.09 Å². The van der Waals surface area contributed by atoms with Gasteiger partial charge in [0.05, 0.1) is 0 Å². The summed E-state index contributed by atoms with van der Waals surface area (Å²) in [6.07, 6.45) is 13.9. The number of terminal acetylenes is 1. The van der Waals surface area contributed by atoms with Gasteiger partial charge in [-0.1, -0.05) is 45.4 Å². The smallest absolute Gasteiger partial charge is 0.407 e. The second-order valence-corrected chi connectivity index (χ2v) is 4.14. The van der Waals surface area contributed by atoms with Crippen LogP contribution in [0.5, 0.6) is 0 Å². The molecular formula is C14H25NO2. The monoisotopic (exact) mass is 239 g/mol. The summed E-state index contributed by atoms with van der Waals surface area (Å²) in [6, 6.07) is 0. The van der Waals surface area contributed by atoms with Crippen molar-refractivity contribution in [3.63, 3.8) is 0 Å². The quantitative estimate of drug-likeness (QED) is 0.468. The highest BCUT2D eigenvalue weighted by Crippen LogP contribution is 2.06. The molecule has 0 aromatic rings. The Hall–Kier alpha value is -1.17. The zero-order chi connectivity index (χ0) is 12.8. The summed E-state index contributed by atoms with van der Waals surface area (Å²) in [6.45, 7) is 3.22. The number of alkyl carbamates (subject to hydrolysis) is 1. The van der Waals surface area contributed by atoms with Crippen LogP contribution >= 0.6 is 0 Å². The van der Waals surface area contributed by atoms with E-state index in [2.05, 4.69) is 18.2 Å². The summed E-state index contributed by atoms with van der Waals surface area (Å²) in [4.78, 5) is 11.1. The Balaban J connectivity index is 3.11. The summed E-state index contributed by atoms with van der Waals surface area (Å²) in [5, 5.41) is 2.71. The molecule has 1 N–H and O–H groups in total. The van der Waals surface area contributed by atoms with Crippen LogP contribution in [0.3, 0.4) is 0 Å². The molecule has 3 heteroatoms. The third kappa shape index (κ3) is 12.8. The van der Waals surface area contributed by atoms with Crippen molar-refractivity contribution in [1.82, 2.24) is 5.32 Å². The summed E-state index contributed by atoms with van der Waals surface area (Å²) in [5.74, 6) is 2.42. The van der Waals surface area contributed by atoms with Gasteiger partial charge >= 0.3 is 6.09 Å². The van der Waals surface area contributed by atoms with Crippen molar-refractivity contribution in [1.29, 1.82) is 0 Å². The lowest BCUT2D eigenvalue weighted by molar-refractivity contribution is 0.148. The molecule has 0 fully saturated rings. The lowest BCUT2D eigenvalue weighted by Gasteiger charge is -2.05. The van der Waals surface area contributed by atoms with Gasteiger partial charge in [0.15, 0.2) is 0 Å². The normalized spacial score (nSPS) is 9.65. The van der Waals surface area contributed by atoms with Gasteiger partial charge in [-0.3, -0.25) is 0 Å². The van der Waals surface area contributed by atoms with Crippen LogP contribution in [-0.2, 0) is 4.74 Å². The van der Waals surface area contributed by atoms with Crippen molar-refractivity contribution in [2.24, 2.45) is 0 Å². The minimum absolute atomic E-state index is 0.305. The van der Waals surface area contributed by atoms with Gasteiger partial charge in [-0.05, 0) is 6.42 Å². The number of carbonyl (C=O) groups excluding carboxylic acids is 1. The van der Waals surface area contributed by atoms with Gasteiger partial charge < -0.3 is 10.1 Å². The SMILES string of the molecule is C#CCCOC(=O)NCCCCCCCCC. The summed E-state index contributed by atoms with van der Waals surface area (Å²) in [5.41, 5.74) is 0. The maximum Gasteiger partial charge on any atom is 0.407 e. The van der Waals surface area contributed by atoms with Gasteiger partial charge in [-0.25, -0.2) is 4.79 Å². The minimum Gasteiger partial charge on any atom is -0.449 e. The molecule has 1 amide bonds. The molecule has 0 aromatic carbocycles. The lowest BCUT2D eigenvalue weighted by Crippen LogP contribution is -2.25. The Morgan fingerprint density at radius 1 is 1.18 bits per heavy atom. The highest BCUT2D eigenvalue weighted by atomic mass is 16.5. The Labute approximate surface area is 105 Å². The fourth-order valence-electron chi connectivity index (χ4n) is 1.53. The van der Waals surface area contributed by atoms with Gasteiger partial charge in [-0.15, -0.1) is 12.3 Å². The number of amides is 1. The standard InChI is InChI=1S/C14H25NO2/c1-3-5-7-8-9-10-11-12-15-14(16)17-13-6-4-2/h2H,3,5-13H2,1H3,(H,15,16). The predicted molar refractivity (Wildman–Crippen MR) is 70.8 cm³/mol. The fourth-order valence-corrected chi connectivity index (χ4v) is 1.53. The zero-order valence-electron chi connectivity index (χ0n) is 11.0. The molecular weight excluding hydrogens is 214 g/mol. The van der Waals surface area contributed by atoms with Crippen LogP contribution in [0.1, 0.15) is 58.3 Å². The average Bonchev–Trinajstić information content (AvgIpc) is 2.33. The Morgan fingerprint density at radius 2 is 1.82 bits per heavy atom. The second kappa shape index (κ2) is 12.9. The zero-order valence-corrected chi connectivity index (χ0v) is 11.0. The van der Waals surface area contributed by atoms with E-state index in [0.717, 1.165) is 6.42 Å². The Bertz CT molecular complexity index is 221. The van der Waals surface area contributed by atoms with Gasteiger partial charge in [0.25, 0.3) is 0 Å². The Morgan fingerprint density at radius 3 is 2.47 bits per heavy atom. The third-order valence-electron chi connectivity index (χ3n) is 2.53. The van der Waals surface area contributed by atoms with Crippen molar-refractivity contribution in [3.05, 3.63) is 0 Å². The number of unbranched alkanes of at least 4 members (excludes halogenated alkanes) is 6. The molecule has 0 radical (unpaired) electrons. The van der Waals surface area contributed by atoms with Crippen LogP contribution in [0.15, 0.2) is 0 Å². The molecule has 0 saturated carbocycles. The van der Waals surface area contributed by atoms with E-state index in [9.17, 15) is 4.79 Å². The van der Waals surface area contributed by atoms with Crippen molar-refractivity contribution in [2.75, 3.05) is 13.2 Å². The highest BCUT2D eigenvalue weighted by Gasteiger charge is 1.99. The topological polar surface area (TPSA) is 38.3 Å². The van der Waals surface area contributed by atoms with Crippen LogP contribution in [-0.4, -0.2) is 19.2 Å². The molecule has 0 aliphatic carbocycles. The van der Waals surface area contributed by atoms with E-state index in [1.54, 1.807) is 0 Å². The molecule has 0 atom stereocenters. The molecule has 0 aromatic heterocycles. The fraction of sp³-hybridized carbons (Fsp3) is 0.786. The molecule has 0 aliphatic heterocycles. The first-order valence-electron chi connectivity index (χ1n) is 6.65. The number of hydrogen-bond acceptors (Lipinski definition) is 2. The number of hydrogen-bond donors (Lipinski definition) is 1. The Kier molecular flexibility index (Phi) is 12.0. The highest BCUT2D eigenvalue weighted by molar-refractivity contribution is 5.66. The average molecular weight is 239 g/mol. The van der Waals surface area contributed by atoms with E-state index in [4.69, 9.17) is 11.2 Å². The van der Waals surface area contributed by atoms with Crippen molar-refractivity contribution in [3.8, 4) is 12.3 Å². The second-order valence-electron chi connectivity index (χ2n) is 4.14. The molecule has 0 bridgehead atoms. The van der Waals surface area contributed by atoms with Crippen LogP contribution in [0.25, 0.3) is 0 Å². The minimum atomic E-state index is -0.355. The van der Waals surface area contributed by atoms with E-state index < -0.39 is 0 Å². The first-order valence-corrected chi connectivity index (χ1v) is 6.65. The molecule has 17 heavy (non-hydrogen) atoms. The summed E-state index contributed by atoms with van der Waals surface area (Å²) >= 11 is 0. The van der Waals surface area contributed by atoms with E-state index in [1.807, 2.05) is 0 Å². The molecule has 0 spiro atoms. The van der Waals surface area contributed by atoms with Gasteiger partial charge in [0, 0.05) is 13.0 Å². The number of rotatable bonds is 10. The van der Waals surface area contributed by atoms with E-state index >= 15 is 0 Å². The molecule has 98 valence electrons. The number of carbonyl (C=O) groups is 1. The van der Waals surface area contributed by atoms with E-state index in [1.165, 1.54) is 38.5 Å². The van der Waals surface area contributed by atoms with E-state index in [0.29, 0.717) is 19.6 Å². The van der Waals surface area contributed by atoms with Crippen molar-refractivity contribution < 1.29 is 9.53 Å². The predicted octanol–water partition coefficient (Wildman–Crippen LogP) is 3.49. The lowest BCUT2D eigenvalue weighted by atomic mass is 10.1. The number of nitrogens with one attached hydrogen (secondary N) is 1. The van der Waals surface area contributed by atoms with Crippen LogP contribution in [0, 0.1) is 12.3 Å². The molecule has 0 aliphatic rings. The first kappa shape index (κ1) is 15.8. The first-order chi connectivity index (χ1) is 8.31. The van der Waals surface area contributed by atoms with Crippen molar-refractivity contribution in [2.45, 2.75) is 58.3 Å². The third-order valence-corrected chi connectivity index (χ3v) is 2.53. The van der Waals surface area contributed by atoms with Gasteiger partial charge in [-0.2, -0.15) is 0 Å². The van der Waals surface area contributed by atoms with Crippen LogP contribution < -0.4 is 5.32 Å². The largest absolute Gasteiger partial charge is 0.449 e. The molecule has 0 heterocycles. The van der Waals surface area contributed by atoms with Gasteiger partial charge in [0.2, 0.25) is 0 Å².